The summed E-state index contributed by atoms with van der Waals surface area (Å²) in [5.74, 6) is 1.15. The summed E-state index contributed by atoms with van der Waals surface area (Å²) in [5, 5.41) is 3.66. The molecule has 6 nitrogen and oxygen atoms in total. The Hall–Kier alpha value is -2.83. The van der Waals surface area contributed by atoms with Crippen LogP contribution in [-0.2, 0) is 11.2 Å². The third kappa shape index (κ3) is 5.46. The van der Waals surface area contributed by atoms with Crippen LogP contribution in [0.25, 0.3) is 11.3 Å². The molecule has 0 aliphatic carbocycles. The summed E-state index contributed by atoms with van der Waals surface area (Å²) in [6.45, 7) is 6.28. The van der Waals surface area contributed by atoms with Crippen molar-refractivity contribution in [3.8, 4) is 11.3 Å². The number of amides is 1. The van der Waals surface area contributed by atoms with Gasteiger partial charge in [-0.05, 0) is 62.0 Å². The lowest BCUT2D eigenvalue weighted by atomic mass is 10.1. The lowest BCUT2D eigenvalue weighted by Crippen LogP contribution is -2.44. The van der Waals surface area contributed by atoms with E-state index in [0.717, 1.165) is 37.4 Å². The van der Waals surface area contributed by atoms with Crippen molar-refractivity contribution in [3.05, 3.63) is 65.1 Å². The molecule has 0 spiro atoms. The summed E-state index contributed by atoms with van der Waals surface area (Å²) < 4.78 is 5.78. The first-order valence-corrected chi connectivity index (χ1v) is 10.9. The molecule has 1 aliphatic rings. The molecule has 1 fully saturated rings. The Morgan fingerprint density at radius 2 is 1.87 bits per heavy atom. The van der Waals surface area contributed by atoms with E-state index < -0.39 is 0 Å². The van der Waals surface area contributed by atoms with Crippen LogP contribution in [0.5, 0.6) is 0 Å². The number of hydrogen-bond acceptors (Lipinski definition) is 5. The van der Waals surface area contributed by atoms with Gasteiger partial charge in [0, 0.05) is 61.0 Å². The van der Waals surface area contributed by atoms with E-state index in [-0.39, 0.29) is 5.91 Å². The molecule has 3 aromatic rings. The van der Waals surface area contributed by atoms with Gasteiger partial charge in [-0.15, -0.1) is 0 Å². The summed E-state index contributed by atoms with van der Waals surface area (Å²) in [7, 11) is 2.15. The van der Waals surface area contributed by atoms with Crippen molar-refractivity contribution in [3.63, 3.8) is 0 Å². The minimum atomic E-state index is -0.0574. The summed E-state index contributed by atoms with van der Waals surface area (Å²) >= 11 is 5.92. The molecular formula is C24H27ClN4O2. The van der Waals surface area contributed by atoms with Crippen LogP contribution in [0.4, 0.5) is 11.4 Å². The second-order valence-electron chi connectivity index (χ2n) is 7.96. The molecule has 31 heavy (non-hydrogen) atoms. The predicted octanol–water partition coefficient (Wildman–Crippen LogP) is 4.63. The molecule has 1 N–H and O–H groups in total. The van der Waals surface area contributed by atoms with Crippen LogP contribution in [0.3, 0.4) is 0 Å². The molecule has 1 aromatic heterocycles. The van der Waals surface area contributed by atoms with E-state index in [0.29, 0.717) is 29.5 Å². The largest absolute Gasteiger partial charge is 0.441 e. The summed E-state index contributed by atoms with van der Waals surface area (Å²) in [5.41, 5.74) is 4.13. The molecule has 7 heteroatoms. The van der Waals surface area contributed by atoms with E-state index in [1.54, 1.807) is 6.20 Å². The maximum Gasteiger partial charge on any atom is 0.224 e. The zero-order chi connectivity index (χ0) is 21.8. The fourth-order valence-corrected chi connectivity index (χ4v) is 3.88. The number of halogens is 1. The summed E-state index contributed by atoms with van der Waals surface area (Å²) in [6.07, 6.45) is 2.43. The topological polar surface area (TPSA) is 61.6 Å². The molecule has 0 saturated carbocycles. The first-order chi connectivity index (χ1) is 15.0. The molecule has 4 rings (SSSR count). The predicted molar refractivity (Wildman–Crippen MR) is 125 cm³/mol. The highest BCUT2D eigenvalue weighted by atomic mass is 35.5. The van der Waals surface area contributed by atoms with Gasteiger partial charge in [0.1, 0.15) is 0 Å². The highest BCUT2D eigenvalue weighted by Gasteiger charge is 2.16. The van der Waals surface area contributed by atoms with Crippen molar-refractivity contribution in [2.24, 2.45) is 0 Å². The molecular weight excluding hydrogens is 412 g/mol. The fraction of sp³-hybridized carbons (Fsp3) is 0.333. The van der Waals surface area contributed by atoms with Crippen LogP contribution in [-0.4, -0.2) is 49.0 Å². The second kappa shape index (κ2) is 9.54. The number of hydrogen-bond donors (Lipinski definition) is 1. The van der Waals surface area contributed by atoms with E-state index in [1.807, 2.05) is 36.4 Å². The van der Waals surface area contributed by atoms with Gasteiger partial charge >= 0.3 is 0 Å². The molecule has 0 unspecified atom stereocenters. The minimum Gasteiger partial charge on any atom is -0.441 e. The molecule has 1 amide bonds. The van der Waals surface area contributed by atoms with Crippen LogP contribution in [0, 0.1) is 6.92 Å². The zero-order valence-corrected chi connectivity index (χ0v) is 18.7. The monoisotopic (exact) mass is 438 g/mol. The lowest BCUT2D eigenvalue weighted by molar-refractivity contribution is -0.116. The maximum absolute atomic E-state index is 12.4. The molecule has 0 atom stereocenters. The minimum absolute atomic E-state index is 0.0574. The van der Waals surface area contributed by atoms with E-state index >= 15 is 0 Å². The molecule has 2 heterocycles. The Labute approximate surface area is 187 Å². The summed E-state index contributed by atoms with van der Waals surface area (Å²) in [4.78, 5) is 21.5. The number of benzene rings is 2. The Bertz CT molecular complexity index is 1040. The average Bonchev–Trinajstić information content (AvgIpc) is 3.23. The standard InChI is InChI=1S/C24H27ClN4O2/c1-17-15-20(7-8-21(17)29-13-11-28(2)12-14-29)27-23(30)9-10-24-26-16-22(31-24)18-3-5-19(25)6-4-18/h3-8,15-16H,9-14H2,1-2H3,(H,27,30). The maximum atomic E-state index is 12.4. The quantitative estimate of drug-likeness (QED) is 0.608. The number of nitrogens with one attached hydrogen (secondary N) is 1. The van der Waals surface area contributed by atoms with Crippen LogP contribution in [0.15, 0.2) is 53.1 Å². The van der Waals surface area contributed by atoms with Gasteiger partial charge in [0.05, 0.1) is 6.20 Å². The van der Waals surface area contributed by atoms with E-state index in [9.17, 15) is 4.79 Å². The highest BCUT2D eigenvalue weighted by Crippen LogP contribution is 2.25. The van der Waals surface area contributed by atoms with Gasteiger partial charge in [0.2, 0.25) is 5.91 Å². The molecule has 1 aliphatic heterocycles. The van der Waals surface area contributed by atoms with Gasteiger partial charge in [0.15, 0.2) is 11.7 Å². The number of piperazine rings is 1. The molecule has 1 saturated heterocycles. The molecule has 2 aromatic carbocycles. The first-order valence-electron chi connectivity index (χ1n) is 10.5. The van der Waals surface area contributed by atoms with E-state index in [1.165, 1.54) is 11.3 Å². The van der Waals surface area contributed by atoms with Crippen LogP contribution >= 0.6 is 11.6 Å². The molecule has 0 radical (unpaired) electrons. The van der Waals surface area contributed by atoms with Crippen LogP contribution < -0.4 is 10.2 Å². The lowest BCUT2D eigenvalue weighted by Gasteiger charge is -2.35. The van der Waals surface area contributed by atoms with Crippen molar-refractivity contribution < 1.29 is 9.21 Å². The number of oxazole rings is 1. The second-order valence-corrected chi connectivity index (χ2v) is 8.40. The van der Waals surface area contributed by atoms with Gasteiger partial charge in [-0.2, -0.15) is 0 Å². The number of likely N-dealkylation sites (N-methyl/N-ethyl adjacent to an activating group) is 1. The molecule has 0 bridgehead atoms. The number of rotatable bonds is 6. The van der Waals surface area contributed by atoms with Crippen molar-refractivity contribution >= 4 is 28.9 Å². The Kier molecular flexibility index (Phi) is 6.59. The van der Waals surface area contributed by atoms with Crippen molar-refractivity contribution in [1.82, 2.24) is 9.88 Å². The van der Waals surface area contributed by atoms with Crippen molar-refractivity contribution in [1.29, 1.82) is 0 Å². The zero-order valence-electron chi connectivity index (χ0n) is 17.9. The number of anilines is 2. The fourth-order valence-electron chi connectivity index (χ4n) is 3.75. The van der Waals surface area contributed by atoms with Gasteiger partial charge in [-0.25, -0.2) is 4.98 Å². The number of carbonyl (C=O) groups excluding carboxylic acids is 1. The van der Waals surface area contributed by atoms with Crippen LogP contribution in [0.2, 0.25) is 5.02 Å². The highest BCUT2D eigenvalue weighted by molar-refractivity contribution is 6.30. The smallest absolute Gasteiger partial charge is 0.224 e. The number of aryl methyl sites for hydroxylation is 2. The summed E-state index contributed by atoms with van der Waals surface area (Å²) in [6, 6.07) is 13.5. The molecule has 162 valence electrons. The average molecular weight is 439 g/mol. The number of carbonyl (C=O) groups is 1. The number of nitrogens with zero attached hydrogens (tertiary/aromatic N) is 3. The Morgan fingerprint density at radius 1 is 1.13 bits per heavy atom. The van der Waals surface area contributed by atoms with Gasteiger partial charge in [0.25, 0.3) is 0 Å². The normalized spacial score (nSPS) is 14.6. The first kappa shape index (κ1) is 21.4. The van der Waals surface area contributed by atoms with Crippen molar-refractivity contribution in [2.75, 3.05) is 43.4 Å². The number of aromatic nitrogens is 1. The Morgan fingerprint density at radius 3 is 2.58 bits per heavy atom. The SMILES string of the molecule is Cc1cc(NC(=O)CCc2ncc(-c3ccc(Cl)cc3)o2)ccc1N1CCN(C)CC1. The Balaban J connectivity index is 1.31. The van der Waals surface area contributed by atoms with Crippen LogP contribution in [0.1, 0.15) is 17.9 Å². The van der Waals surface area contributed by atoms with Gasteiger partial charge in [-0.1, -0.05) is 11.6 Å². The van der Waals surface area contributed by atoms with Gasteiger partial charge in [-0.3, -0.25) is 4.79 Å². The third-order valence-corrected chi connectivity index (χ3v) is 5.82. The third-order valence-electron chi connectivity index (χ3n) is 5.57. The van der Waals surface area contributed by atoms with Crippen molar-refractivity contribution in [2.45, 2.75) is 19.8 Å². The van der Waals surface area contributed by atoms with E-state index in [4.69, 9.17) is 16.0 Å². The van der Waals surface area contributed by atoms with E-state index in [2.05, 4.69) is 40.1 Å². The van der Waals surface area contributed by atoms with Gasteiger partial charge < -0.3 is 19.5 Å².